The quantitative estimate of drug-likeness (QED) is 0.651. The summed E-state index contributed by atoms with van der Waals surface area (Å²) in [5, 5.41) is 0.0769. The zero-order valence-electron chi connectivity index (χ0n) is 10.4. The van der Waals surface area contributed by atoms with Crippen LogP contribution < -0.4 is 10.9 Å². The van der Waals surface area contributed by atoms with E-state index in [4.69, 9.17) is 11.6 Å². The van der Waals surface area contributed by atoms with Crippen LogP contribution in [-0.4, -0.2) is 21.6 Å². The summed E-state index contributed by atoms with van der Waals surface area (Å²) in [5.41, 5.74) is 4.95. The normalized spacial score (nSPS) is 10.5. The van der Waals surface area contributed by atoms with Crippen molar-refractivity contribution in [3.8, 4) is 0 Å². The summed E-state index contributed by atoms with van der Waals surface area (Å²) < 4.78 is 24.9. The first-order valence-corrected chi connectivity index (χ1v) is 6.90. The Balaban J connectivity index is 2.09. The van der Waals surface area contributed by atoms with Crippen molar-refractivity contribution in [2.24, 2.45) is 0 Å². The Hall–Kier alpha value is -1.93. The molecule has 0 aliphatic rings. The molecule has 110 valence electrons. The van der Waals surface area contributed by atoms with E-state index in [9.17, 15) is 13.6 Å². The van der Waals surface area contributed by atoms with E-state index in [0.717, 1.165) is 0 Å². The molecule has 0 aliphatic carbocycles. The molecule has 0 saturated carbocycles. The molecule has 1 amide bonds. The number of nitrogens with one attached hydrogen (secondary N) is 2. The van der Waals surface area contributed by atoms with Gasteiger partial charge in [-0.2, -0.15) is 8.78 Å². The van der Waals surface area contributed by atoms with Crippen molar-refractivity contribution in [1.82, 2.24) is 15.4 Å². The number of rotatable bonds is 5. The molecular weight excluding hydrogens is 322 g/mol. The lowest BCUT2D eigenvalue weighted by molar-refractivity contribution is 0.0959. The van der Waals surface area contributed by atoms with E-state index in [1.165, 1.54) is 24.5 Å². The van der Waals surface area contributed by atoms with Gasteiger partial charge >= 0.3 is 0 Å². The molecule has 0 radical (unpaired) electrons. The molecule has 0 saturated heterocycles. The number of carbonyl (C=O) groups excluding carboxylic acids is 1. The molecule has 2 rings (SSSR count). The first-order valence-electron chi connectivity index (χ1n) is 5.64. The predicted octanol–water partition coefficient (Wildman–Crippen LogP) is 3.20. The Morgan fingerprint density at radius 3 is 2.67 bits per heavy atom. The molecule has 0 spiro atoms. The number of thioether (sulfide) groups is 1. The van der Waals surface area contributed by atoms with Gasteiger partial charge in [0.15, 0.2) is 11.0 Å². The van der Waals surface area contributed by atoms with Crippen molar-refractivity contribution in [1.29, 1.82) is 0 Å². The SMILES string of the molecule is O=C(NNc1nccnc1Cl)c1ccccc1SC(F)F. The molecule has 0 unspecified atom stereocenters. The zero-order chi connectivity index (χ0) is 15.2. The molecule has 9 heteroatoms. The average molecular weight is 331 g/mol. The Bertz CT molecular complexity index is 644. The van der Waals surface area contributed by atoms with Crippen LogP contribution in [0.3, 0.4) is 0 Å². The maximum atomic E-state index is 12.4. The zero-order valence-corrected chi connectivity index (χ0v) is 12.0. The van der Waals surface area contributed by atoms with Crippen LogP contribution in [0.1, 0.15) is 10.4 Å². The molecular formula is C12H9ClF2N4OS. The molecule has 0 fully saturated rings. The van der Waals surface area contributed by atoms with Gasteiger partial charge in [-0.05, 0) is 12.1 Å². The van der Waals surface area contributed by atoms with Crippen LogP contribution in [0, 0.1) is 0 Å². The van der Waals surface area contributed by atoms with Gasteiger partial charge in [-0.25, -0.2) is 9.97 Å². The highest BCUT2D eigenvalue weighted by atomic mass is 35.5. The van der Waals surface area contributed by atoms with E-state index < -0.39 is 11.7 Å². The fourth-order valence-electron chi connectivity index (χ4n) is 1.44. The van der Waals surface area contributed by atoms with Gasteiger partial charge in [0.05, 0.1) is 5.56 Å². The number of nitrogens with zero attached hydrogens (tertiary/aromatic N) is 2. The lowest BCUT2D eigenvalue weighted by atomic mass is 10.2. The second-order valence-corrected chi connectivity index (χ2v) is 5.04. The largest absolute Gasteiger partial charge is 0.288 e. The molecule has 0 aliphatic heterocycles. The van der Waals surface area contributed by atoms with Gasteiger partial charge in [0.2, 0.25) is 0 Å². The monoisotopic (exact) mass is 330 g/mol. The molecule has 21 heavy (non-hydrogen) atoms. The number of halogens is 3. The van der Waals surface area contributed by atoms with Gasteiger partial charge in [0, 0.05) is 17.3 Å². The van der Waals surface area contributed by atoms with Crippen LogP contribution in [-0.2, 0) is 0 Å². The number of hydrogen-bond acceptors (Lipinski definition) is 5. The molecule has 2 N–H and O–H groups in total. The van der Waals surface area contributed by atoms with E-state index in [1.54, 1.807) is 12.1 Å². The Morgan fingerprint density at radius 2 is 1.95 bits per heavy atom. The van der Waals surface area contributed by atoms with Crippen LogP contribution in [0.25, 0.3) is 0 Å². The predicted molar refractivity (Wildman–Crippen MR) is 76.4 cm³/mol. The second kappa shape index (κ2) is 7.19. The highest BCUT2D eigenvalue weighted by Crippen LogP contribution is 2.28. The minimum Gasteiger partial charge on any atom is -0.279 e. The van der Waals surface area contributed by atoms with Crippen LogP contribution in [0.15, 0.2) is 41.6 Å². The van der Waals surface area contributed by atoms with Crippen LogP contribution >= 0.6 is 23.4 Å². The number of amides is 1. The summed E-state index contributed by atoms with van der Waals surface area (Å²) in [7, 11) is 0. The first-order chi connectivity index (χ1) is 10.1. The third-order valence-electron chi connectivity index (χ3n) is 2.30. The molecule has 1 aromatic heterocycles. The number of hydrazine groups is 1. The minimum absolute atomic E-state index is 0.0769. The number of benzene rings is 1. The van der Waals surface area contributed by atoms with Crippen molar-refractivity contribution >= 4 is 35.1 Å². The Labute approximate surface area is 128 Å². The van der Waals surface area contributed by atoms with E-state index in [-0.39, 0.29) is 21.4 Å². The maximum absolute atomic E-state index is 12.4. The van der Waals surface area contributed by atoms with E-state index >= 15 is 0 Å². The van der Waals surface area contributed by atoms with Crippen LogP contribution in [0.5, 0.6) is 0 Å². The average Bonchev–Trinajstić information content (AvgIpc) is 2.46. The van der Waals surface area contributed by atoms with Crippen molar-refractivity contribution < 1.29 is 13.6 Å². The summed E-state index contributed by atoms with van der Waals surface area (Å²) in [5.74, 6) is -3.03. The van der Waals surface area contributed by atoms with Gasteiger partial charge in [-0.3, -0.25) is 15.6 Å². The second-order valence-electron chi connectivity index (χ2n) is 3.65. The molecule has 1 heterocycles. The Kier molecular flexibility index (Phi) is 5.29. The highest BCUT2D eigenvalue weighted by Gasteiger charge is 2.15. The number of carbonyl (C=O) groups is 1. The van der Waals surface area contributed by atoms with Crippen LogP contribution in [0.2, 0.25) is 5.15 Å². The van der Waals surface area contributed by atoms with Crippen molar-refractivity contribution in [2.75, 3.05) is 5.43 Å². The van der Waals surface area contributed by atoms with E-state index in [2.05, 4.69) is 20.8 Å². The summed E-state index contributed by atoms with van der Waals surface area (Å²) in [6, 6.07) is 6.05. The topological polar surface area (TPSA) is 66.9 Å². The summed E-state index contributed by atoms with van der Waals surface area (Å²) in [4.78, 5) is 19.8. The van der Waals surface area contributed by atoms with Crippen molar-refractivity contribution in [3.63, 3.8) is 0 Å². The summed E-state index contributed by atoms with van der Waals surface area (Å²) in [6.45, 7) is 0. The van der Waals surface area contributed by atoms with Gasteiger partial charge in [0.1, 0.15) is 0 Å². The lowest BCUT2D eigenvalue weighted by Gasteiger charge is -2.11. The van der Waals surface area contributed by atoms with Gasteiger partial charge < -0.3 is 0 Å². The van der Waals surface area contributed by atoms with Crippen LogP contribution in [0.4, 0.5) is 14.6 Å². The molecule has 0 bridgehead atoms. The van der Waals surface area contributed by atoms with E-state index in [1.807, 2.05) is 0 Å². The molecule has 0 atom stereocenters. The fourth-order valence-corrected chi connectivity index (χ4v) is 2.23. The smallest absolute Gasteiger partial charge is 0.279 e. The maximum Gasteiger partial charge on any atom is 0.288 e. The highest BCUT2D eigenvalue weighted by molar-refractivity contribution is 7.99. The van der Waals surface area contributed by atoms with Crippen molar-refractivity contribution in [2.45, 2.75) is 10.7 Å². The molecule has 2 aromatic rings. The molecule has 1 aromatic carbocycles. The van der Waals surface area contributed by atoms with Crippen molar-refractivity contribution in [3.05, 3.63) is 47.4 Å². The standard InChI is InChI=1S/C12H9ClF2N4OS/c13-9-10(17-6-5-16-9)18-19-11(20)7-3-1-2-4-8(7)21-12(14)15/h1-6,12H,(H,17,18)(H,19,20). The summed E-state index contributed by atoms with van der Waals surface area (Å²) >= 11 is 6.07. The lowest BCUT2D eigenvalue weighted by Crippen LogP contribution is -2.30. The minimum atomic E-state index is -2.61. The first kappa shape index (κ1) is 15.5. The number of aromatic nitrogens is 2. The third-order valence-corrected chi connectivity index (χ3v) is 3.36. The van der Waals surface area contributed by atoms with Gasteiger partial charge in [-0.15, -0.1) is 0 Å². The fraction of sp³-hybridized carbons (Fsp3) is 0.0833. The third kappa shape index (κ3) is 4.27. The number of hydrogen-bond donors (Lipinski definition) is 2. The summed E-state index contributed by atoms with van der Waals surface area (Å²) in [6.07, 6.45) is 2.78. The van der Waals surface area contributed by atoms with E-state index in [0.29, 0.717) is 11.8 Å². The Morgan fingerprint density at radius 1 is 1.24 bits per heavy atom. The van der Waals surface area contributed by atoms with Gasteiger partial charge in [0.25, 0.3) is 11.7 Å². The van der Waals surface area contributed by atoms with Gasteiger partial charge in [-0.1, -0.05) is 35.5 Å². The number of anilines is 1. The molecule has 5 nitrogen and oxygen atoms in total. The number of alkyl halides is 2.